The van der Waals surface area contributed by atoms with E-state index in [-0.39, 0.29) is 24.5 Å². The topological polar surface area (TPSA) is 137 Å². The summed E-state index contributed by atoms with van der Waals surface area (Å²) < 4.78 is 28.1. The van der Waals surface area contributed by atoms with Crippen molar-refractivity contribution in [1.29, 1.82) is 0 Å². The van der Waals surface area contributed by atoms with E-state index >= 15 is 0 Å². The van der Waals surface area contributed by atoms with Crippen molar-refractivity contribution in [3.63, 3.8) is 0 Å². The normalized spacial score (nSPS) is 12.8. The van der Waals surface area contributed by atoms with Gasteiger partial charge >= 0.3 is 0 Å². The summed E-state index contributed by atoms with van der Waals surface area (Å²) in [4.78, 5) is 25.0. The number of rotatable bonds is 8. The fraction of sp³-hybridized carbons (Fsp3) is 0.138. The largest absolute Gasteiger partial charge is 0.508 e. The Morgan fingerprint density at radius 3 is 2.64 bits per heavy atom. The van der Waals surface area contributed by atoms with Crippen molar-refractivity contribution in [2.45, 2.75) is 25.1 Å². The lowest BCUT2D eigenvalue weighted by Gasteiger charge is -2.21. The summed E-state index contributed by atoms with van der Waals surface area (Å²) in [7, 11) is 0. The number of H-pyrrole nitrogens is 1. The first-order valence-corrected chi connectivity index (χ1v) is 12.1. The number of aromatic nitrogens is 3. The zero-order valence-electron chi connectivity index (χ0n) is 20.6. The van der Waals surface area contributed by atoms with E-state index in [1.54, 1.807) is 54.9 Å². The van der Waals surface area contributed by atoms with E-state index in [9.17, 15) is 23.8 Å². The van der Waals surface area contributed by atoms with Crippen LogP contribution in [0.4, 0.5) is 8.78 Å². The zero-order chi connectivity index (χ0) is 27.5. The molecule has 0 saturated carbocycles. The molecule has 0 aliphatic heterocycles. The van der Waals surface area contributed by atoms with Gasteiger partial charge in [-0.15, -0.1) is 0 Å². The molecule has 2 heterocycles. The lowest BCUT2D eigenvalue weighted by molar-refractivity contribution is -0.121. The second-order valence-corrected chi connectivity index (χ2v) is 9.21. The number of aromatic hydroxyl groups is 1. The molecule has 0 bridgehead atoms. The van der Waals surface area contributed by atoms with Crippen LogP contribution in [-0.4, -0.2) is 31.1 Å². The number of carbonyl (C=O) groups is 1. The van der Waals surface area contributed by atoms with E-state index in [0.717, 1.165) is 11.6 Å². The van der Waals surface area contributed by atoms with Crippen molar-refractivity contribution in [2.24, 2.45) is 5.73 Å². The molecule has 10 heteroatoms. The first kappa shape index (κ1) is 26.0. The van der Waals surface area contributed by atoms with Gasteiger partial charge in [0.15, 0.2) is 0 Å². The molecule has 0 spiro atoms. The molecular formula is C29H25F2N5O3. The summed E-state index contributed by atoms with van der Waals surface area (Å²) in [5, 5.41) is 23.4. The Kier molecular flexibility index (Phi) is 7.31. The number of hydrogen-bond acceptors (Lipinski definition) is 6. The van der Waals surface area contributed by atoms with Crippen LogP contribution in [0.3, 0.4) is 0 Å². The number of fused-ring (bicyclic) bond motifs is 1. The third-order valence-corrected chi connectivity index (χ3v) is 6.41. The van der Waals surface area contributed by atoms with Gasteiger partial charge in [0.2, 0.25) is 5.91 Å². The Morgan fingerprint density at radius 2 is 1.87 bits per heavy atom. The van der Waals surface area contributed by atoms with Crippen molar-refractivity contribution >= 4 is 16.8 Å². The molecule has 0 saturated heterocycles. The van der Waals surface area contributed by atoms with Crippen molar-refractivity contribution in [1.82, 2.24) is 20.3 Å². The van der Waals surface area contributed by atoms with Gasteiger partial charge in [-0.05, 0) is 65.1 Å². The van der Waals surface area contributed by atoms with Gasteiger partial charge in [-0.25, -0.2) is 18.7 Å². The minimum absolute atomic E-state index is 0.0211. The third-order valence-electron chi connectivity index (χ3n) is 6.41. The number of nitrogens with two attached hydrogens (primary N) is 1. The smallest absolute Gasteiger partial charge is 0.225 e. The van der Waals surface area contributed by atoms with Gasteiger partial charge in [-0.2, -0.15) is 0 Å². The molecule has 2 aromatic heterocycles. The Labute approximate surface area is 222 Å². The Hall–Kier alpha value is -4.67. The number of hydrogen-bond donors (Lipinski definition) is 5. The summed E-state index contributed by atoms with van der Waals surface area (Å²) in [5.41, 5.74) is 9.49. The molecule has 0 aliphatic rings. The maximum absolute atomic E-state index is 14.0. The fourth-order valence-electron chi connectivity index (χ4n) is 4.64. The number of aliphatic hydroxyl groups is 1. The molecule has 1 unspecified atom stereocenters. The average Bonchev–Trinajstić information content (AvgIpc) is 3.29. The molecule has 5 rings (SSSR count). The van der Waals surface area contributed by atoms with Crippen LogP contribution in [0.2, 0.25) is 0 Å². The highest BCUT2D eigenvalue weighted by atomic mass is 19.1. The number of nitrogens with one attached hydrogen (secondary N) is 2. The minimum Gasteiger partial charge on any atom is -0.508 e. The summed E-state index contributed by atoms with van der Waals surface area (Å²) >= 11 is 0. The van der Waals surface area contributed by atoms with Gasteiger partial charge < -0.3 is 26.2 Å². The Balaban J connectivity index is 1.51. The van der Waals surface area contributed by atoms with Crippen molar-refractivity contribution < 1.29 is 23.8 Å². The van der Waals surface area contributed by atoms with Gasteiger partial charge in [0, 0.05) is 34.9 Å². The maximum atomic E-state index is 14.0. The molecule has 2 atom stereocenters. The van der Waals surface area contributed by atoms with Gasteiger partial charge in [0.25, 0.3) is 0 Å². The number of phenolic OH excluding ortho intramolecular Hbond substituents is 1. The molecule has 0 radical (unpaired) electrons. The fourth-order valence-corrected chi connectivity index (χ4v) is 4.64. The molecule has 0 aliphatic carbocycles. The number of aromatic amines is 1. The lowest BCUT2D eigenvalue weighted by atomic mass is 9.95. The first-order chi connectivity index (χ1) is 18.8. The summed E-state index contributed by atoms with van der Waals surface area (Å²) in [5.74, 6) is -1.76. The molecular weight excluding hydrogens is 504 g/mol. The zero-order valence-corrected chi connectivity index (χ0v) is 20.6. The van der Waals surface area contributed by atoms with Crippen LogP contribution in [0.25, 0.3) is 22.0 Å². The quantitative estimate of drug-likeness (QED) is 0.191. The van der Waals surface area contributed by atoms with Crippen LogP contribution >= 0.6 is 0 Å². The summed E-state index contributed by atoms with van der Waals surface area (Å²) in [6.07, 6.45) is 3.41. The maximum Gasteiger partial charge on any atom is 0.225 e. The minimum atomic E-state index is -1.19. The predicted molar refractivity (Wildman–Crippen MR) is 141 cm³/mol. The highest BCUT2D eigenvalue weighted by Crippen LogP contribution is 2.30. The number of phenols is 1. The molecule has 198 valence electrons. The number of amides is 1. The van der Waals surface area contributed by atoms with Gasteiger partial charge in [-0.1, -0.05) is 18.2 Å². The lowest BCUT2D eigenvalue weighted by Crippen LogP contribution is -2.32. The molecule has 1 amide bonds. The number of benzene rings is 3. The molecule has 8 nitrogen and oxygen atoms in total. The van der Waals surface area contributed by atoms with E-state index in [2.05, 4.69) is 20.3 Å². The van der Waals surface area contributed by atoms with Crippen molar-refractivity contribution in [3.05, 3.63) is 113 Å². The van der Waals surface area contributed by atoms with Crippen LogP contribution in [-0.2, 0) is 17.6 Å². The van der Waals surface area contributed by atoms with E-state index in [4.69, 9.17) is 5.73 Å². The van der Waals surface area contributed by atoms with E-state index in [0.29, 0.717) is 38.9 Å². The predicted octanol–water partition coefficient (Wildman–Crippen LogP) is 4.20. The SMILES string of the molecule is NC(O)c1cccc(-c2cncnc2[C@@H](Cc2cc(F)cc(F)c2)NC(=O)Cc2c[nH]c3ccc(O)cc23)c1. The number of aliphatic hydroxyl groups excluding tert-OH is 1. The van der Waals surface area contributed by atoms with Gasteiger partial charge in [0.05, 0.1) is 18.2 Å². The van der Waals surface area contributed by atoms with Crippen LogP contribution in [0.5, 0.6) is 5.75 Å². The van der Waals surface area contributed by atoms with Crippen LogP contribution in [0, 0.1) is 11.6 Å². The van der Waals surface area contributed by atoms with E-state index in [1.165, 1.54) is 18.5 Å². The number of nitrogens with zero attached hydrogens (tertiary/aromatic N) is 2. The van der Waals surface area contributed by atoms with Crippen molar-refractivity contribution in [2.75, 3.05) is 0 Å². The van der Waals surface area contributed by atoms with Crippen LogP contribution in [0.15, 0.2) is 79.4 Å². The Bertz CT molecular complexity index is 1630. The third kappa shape index (κ3) is 5.92. The summed E-state index contributed by atoms with van der Waals surface area (Å²) in [6.45, 7) is 0. The number of carbonyl (C=O) groups excluding carboxylic acids is 1. The van der Waals surface area contributed by atoms with Gasteiger partial charge in [-0.3, -0.25) is 4.79 Å². The standard InChI is InChI=1S/C29H25F2N5O3/c30-20-6-16(7-21(31)11-20)8-26(36-27(38)10-19-13-34-25-5-4-22(37)12-23(19)25)28-24(14-33-15-35-28)17-2-1-3-18(9-17)29(32)39/h1-7,9,11-15,26,29,34,37,39H,8,10,32H2,(H,36,38)/t26-,29?/m1/s1. The average molecular weight is 530 g/mol. The number of halogens is 2. The van der Waals surface area contributed by atoms with Crippen LogP contribution < -0.4 is 11.1 Å². The second kappa shape index (κ2) is 11.0. The van der Waals surface area contributed by atoms with Crippen molar-refractivity contribution in [3.8, 4) is 16.9 Å². The monoisotopic (exact) mass is 529 g/mol. The van der Waals surface area contributed by atoms with Crippen LogP contribution in [0.1, 0.15) is 34.7 Å². The second-order valence-electron chi connectivity index (χ2n) is 9.21. The Morgan fingerprint density at radius 1 is 1.08 bits per heavy atom. The molecule has 39 heavy (non-hydrogen) atoms. The van der Waals surface area contributed by atoms with E-state index in [1.807, 2.05) is 0 Å². The molecule has 0 fully saturated rings. The summed E-state index contributed by atoms with van der Waals surface area (Å²) in [6, 6.07) is 14.1. The van der Waals surface area contributed by atoms with Gasteiger partial charge in [0.1, 0.15) is 29.9 Å². The highest BCUT2D eigenvalue weighted by molar-refractivity contribution is 5.90. The first-order valence-electron chi connectivity index (χ1n) is 12.1. The highest BCUT2D eigenvalue weighted by Gasteiger charge is 2.23. The molecule has 3 aromatic carbocycles. The molecule has 6 N–H and O–H groups in total. The van der Waals surface area contributed by atoms with E-state index < -0.39 is 23.9 Å². The molecule has 5 aromatic rings.